The number of anilines is 1. The molecule has 200 valence electrons. The summed E-state index contributed by atoms with van der Waals surface area (Å²) in [6, 6.07) is 14.5. The zero-order chi connectivity index (χ0) is 28.5. The van der Waals surface area contributed by atoms with Crippen molar-refractivity contribution in [3.8, 4) is 5.75 Å². The van der Waals surface area contributed by atoms with Gasteiger partial charge in [0.25, 0.3) is 21.7 Å². The molecule has 0 aliphatic heterocycles. The van der Waals surface area contributed by atoms with E-state index in [1.165, 1.54) is 36.4 Å². The Labute approximate surface area is 276 Å². The molecule has 18 heteroatoms. The third kappa shape index (κ3) is 7.75. The fraction of sp³-hybridized carbons (Fsp3) is 0. The second-order valence-electron chi connectivity index (χ2n) is 7.82. The van der Waals surface area contributed by atoms with Crippen LogP contribution < -0.4 is 69.5 Å². The van der Waals surface area contributed by atoms with Crippen molar-refractivity contribution in [2.75, 3.05) is 5.32 Å². The van der Waals surface area contributed by atoms with E-state index in [0.717, 1.165) is 24.3 Å². The molecular weight excluding hydrogens is 602 g/mol. The molecule has 0 atom stereocenters. The van der Waals surface area contributed by atoms with Crippen LogP contribution in [0.2, 0.25) is 0 Å². The first-order valence-corrected chi connectivity index (χ1v) is 13.4. The Morgan fingerprint density at radius 3 is 2.10 bits per heavy atom. The van der Waals surface area contributed by atoms with E-state index >= 15 is 0 Å². The number of carbonyl (C=O) groups excluding carboxylic acids is 1. The molecule has 41 heavy (non-hydrogen) atoms. The number of amides is 1. The van der Waals surface area contributed by atoms with Crippen LogP contribution >= 0.6 is 0 Å². The molecule has 0 radical (unpaired) electrons. The van der Waals surface area contributed by atoms with Crippen LogP contribution in [-0.4, -0.2) is 36.8 Å². The first-order valence-electron chi connectivity index (χ1n) is 10.5. The molecule has 4 aromatic carbocycles. The smallest absolute Gasteiger partial charge is 0.870 e. The molecule has 0 aromatic heterocycles. The van der Waals surface area contributed by atoms with E-state index in [9.17, 15) is 46.0 Å². The Hall–Kier alpha value is -2.77. The van der Waals surface area contributed by atoms with Gasteiger partial charge in [0.05, 0.1) is 20.4 Å². The normalized spacial score (nSPS) is 11.5. The van der Waals surface area contributed by atoms with Crippen molar-refractivity contribution in [2.24, 2.45) is 10.2 Å². The second kappa shape index (κ2) is 13.5. The summed E-state index contributed by atoms with van der Waals surface area (Å²) in [5.41, 5.74) is -2.29. The molecule has 0 bridgehead atoms. The second-order valence-corrected chi connectivity index (χ2v) is 10.6. The van der Waals surface area contributed by atoms with E-state index in [1.54, 1.807) is 6.07 Å². The number of nitrogens with one attached hydrogen (secondary N) is 1. The summed E-state index contributed by atoms with van der Waals surface area (Å²) in [6.45, 7) is 0. The predicted octanol–water partition coefficient (Wildman–Crippen LogP) is -2.35. The average molecular weight is 616 g/mol. The topological polar surface area (TPSA) is 232 Å². The predicted molar refractivity (Wildman–Crippen MR) is 133 cm³/mol. The van der Waals surface area contributed by atoms with Crippen molar-refractivity contribution in [1.29, 1.82) is 0 Å². The number of carbonyl (C=O) groups is 1. The minimum absolute atomic E-state index is 0. The summed E-state index contributed by atoms with van der Waals surface area (Å²) >= 11 is 0. The SMILES string of the molecule is O=C(Nc1cc(S(=O)(=O)O)cc2cc(S(=O)(=O)[O-])c(N=Nc3ccccc3[N+](=O)[O-])c([O-])c12)c1ccccc1.[Na+].[Na+]. The summed E-state index contributed by atoms with van der Waals surface area (Å²) in [6.07, 6.45) is 0. The van der Waals surface area contributed by atoms with Crippen LogP contribution in [-0.2, 0) is 20.2 Å². The van der Waals surface area contributed by atoms with Gasteiger partial charge in [-0.3, -0.25) is 19.5 Å². The molecule has 14 nitrogen and oxygen atoms in total. The molecule has 0 saturated carbocycles. The molecule has 0 saturated heterocycles. The Morgan fingerprint density at radius 1 is 0.902 bits per heavy atom. The van der Waals surface area contributed by atoms with E-state index in [1.807, 2.05) is 0 Å². The summed E-state index contributed by atoms with van der Waals surface area (Å²) in [7, 11) is -10.4. The van der Waals surface area contributed by atoms with E-state index < -0.39 is 74.4 Å². The van der Waals surface area contributed by atoms with Crippen molar-refractivity contribution in [2.45, 2.75) is 9.79 Å². The fourth-order valence-corrected chi connectivity index (χ4v) is 4.75. The third-order valence-corrected chi connectivity index (χ3v) is 6.97. The van der Waals surface area contributed by atoms with Crippen molar-refractivity contribution >= 4 is 59.7 Å². The number of benzene rings is 4. The fourth-order valence-electron chi connectivity index (χ4n) is 3.57. The van der Waals surface area contributed by atoms with Crippen LogP contribution in [0.15, 0.2) is 92.8 Å². The number of fused-ring (bicyclic) bond motifs is 1. The van der Waals surface area contributed by atoms with Crippen molar-refractivity contribution < 1.29 is 99.9 Å². The number of rotatable bonds is 7. The van der Waals surface area contributed by atoms with Gasteiger partial charge in [0.1, 0.15) is 10.1 Å². The molecule has 0 heterocycles. The third-order valence-electron chi connectivity index (χ3n) is 5.29. The molecule has 4 rings (SSSR count). The zero-order valence-electron chi connectivity index (χ0n) is 21.2. The van der Waals surface area contributed by atoms with Crippen LogP contribution in [0.3, 0.4) is 0 Å². The Bertz CT molecular complexity index is 1900. The Kier molecular flexibility index (Phi) is 11.3. The molecule has 0 spiro atoms. The number of para-hydroxylation sites is 1. The number of nitrogens with zero attached hydrogens (tertiary/aromatic N) is 3. The number of nitro benzene ring substituents is 1. The van der Waals surface area contributed by atoms with Crippen LogP contribution in [0.4, 0.5) is 22.7 Å². The number of hydrogen-bond acceptors (Lipinski definition) is 11. The summed E-state index contributed by atoms with van der Waals surface area (Å²) in [5.74, 6) is -2.07. The van der Waals surface area contributed by atoms with Crippen molar-refractivity contribution in [1.82, 2.24) is 0 Å². The standard InChI is InChI=1S/C23H16N4O10S2.2Na/c28-22-20-14(10-15(38(32,33)34)12-17(20)24-23(29)13-6-2-1-3-7-13)11-19(39(35,36)37)21(22)26-25-16-8-4-5-9-18(16)27(30)31;;/h1-12,28H,(H,24,29)(H,32,33,34)(H,35,36,37);;/q;2*+1/p-2. The molecule has 0 unspecified atom stereocenters. The molecule has 0 aliphatic rings. The van der Waals surface area contributed by atoms with Gasteiger partial charge >= 0.3 is 59.1 Å². The van der Waals surface area contributed by atoms with E-state index in [4.69, 9.17) is 0 Å². The maximum atomic E-state index is 13.5. The van der Waals surface area contributed by atoms with Crippen LogP contribution in [0.25, 0.3) is 10.8 Å². The first-order chi connectivity index (χ1) is 18.3. The van der Waals surface area contributed by atoms with Gasteiger partial charge in [-0.15, -0.1) is 10.2 Å². The molecule has 0 aliphatic carbocycles. The van der Waals surface area contributed by atoms with E-state index in [2.05, 4.69) is 15.5 Å². The number of hydrogen-bond donors (Lipinski definition) is 2. The van der Waals surface area contributed by atoms with Gasteiger partial charge < -0.3 is 15.0 Å². The number of nitro groups is 1. The van der Waals surface area contributed by atoms with Gasteiger partial charge in [0.15, 0.2) is 5.69 Å². The van der Waals surface area contributed by atoms with E-state index in [-0.39, 0.29) is 70.4 Å². The zero-order valence-corrected chi connectivity index (χ0v) is 26.8. The molecule has 2 N–H and O–H groups in total. The van der Waals surface area contributed by atoms with Gasteiger partial charge in [-0.25, -0.2) is 8.42 Å². The maximum absolute atomic E-state index is 13.5. The van der Waals surface area contributed by atoms with Crippen LogP contribution in [0.1, 0.15) is 10.4 Å². The molecule has 1 amide bonds. The van der Waals surface area contributed by atoms with Crippen molar-refractivity contribution in [3.63, 3.8) is 0 Å². The van der Waals surface area contributed by atoms with Gasteiger partial charge in [0.2, 0.25) is 0 Å². The summed E-state index contributed by atoms with van der Waals surface area (Å²) in [4.78, 5) is 21.2. The molecular formula is C23H14N4Na2O10S2. The minimum Gasteiger partial charge on any atom is -0.870 e. The van der Waals surface area contributed by atoms with Gasteiger partial charge in [-0.05, 0) is 47.2 Å². The number of azo groups is 1. The molecule has 0 fully saturated rings. The monoisotopic (exact) mass is 616 g/mol. The van der Waals surface area contributed by atoms with Gasteiger partial charge in [0, 0.05) is 17.3 Å². The van der Waals surface area contributed by atoms with Crippen molar-refractivity contribution in [3.05, 3.63) is 88.5 Å². The Morgan fingerprint density at radius 2 is 1.51 bits per heavy atom. The quantitative estimate of drug-likeness (QED) is 0.0738. The molecule has 4 aromatic rings. The summed E-state index contributed by atoms with van der Waals surface area (Å²) in [5, 5.41) is 33.3. The van der Waals surface area contributed by atoms with Crippen LogP contribution in [0, 0.1) is 10.1 Å². The largest absolute Gasteiger partial charge is 1.00 e. The average Bonchev–Trinajstić information content (AvgIpc) is 2.87. The van der Waals surface area contributed by atoms with E-state index in [0.29, 0.717) is 6.07 Å². The summed E-state index contributed by atoms with van der Waals surface area (Å²) < 4.78 is 69.4. The van der Waals surface area contributed by atoms with Crippen LogP contribution in [0.5, 0.6) is 5.75 Å². The Balaban J connectivity index is 0.00000294. The first kappa shape index (κ1) is 34.4. The van der Waals surface area contributed by atoms with Gasteiger partial charge in [-0.1, -0.05) is 36.1 Å². The van der Waals surface area contributed by atoms with Gasteiger partial charge in [-0.2, -0.15) is 8.42 Å². The maximum Gasteiger partial charge on any atom is 1.00 e. The minimum atomic E-state index is -5.44.